The van der Waals surface area contributed by atoms with E-state index in [1.54, 1.807) is 24.3 Å². The van der Waals surface area contributed by atoms with E-state index in [1.165, 1.54) is 16.7 Å². The first-order chi connectivity index (χ1) is 11.2. The van der Waals surface area contributed by atoms with Crippen LogP contribution in [0.4, 0.5) is 0 Å². The van der Waals surface area contributed by atoms with E-state index in [9.17, 15) is 9.59 Å². The van der Waals surface area contributed by atoms with E-state index in [0.717, 1.165) is 11.1 Å². The van der Waals surface area contributed by atoms with Crippen molar-refractivity contribution in [1.82, 2.24) is 9.88 Å². The molecule has 0 aliphatic carbocycles. The van der Waals surface area contributed by atoms with Crippen LogP contribution in [0, 0.1) is 0 Å². The highest BCUT2D eigenvalue weighted by molar-refractivity contribution is 7.99. The van der Waals surface area contributed by atoms with Gasteiger partial charge in [-0.3, -0.25) is 14.5 Å². The van der Waals surface area contributed by atoms with Crippen LogP contribution in [0.2, 0.25) is 0 Å². The summed E-state index contributed by atoms with van der Waals surface area (Å²) in [5.74, 6) is 0.0747. The number of fused-ring (bicyclic) bond motifs is 2. The molecule has 0 atom stereocenters. The Kier molecular flexibility index (Phi) is 3.38. The van der Waals surface area contributed by atoms with Gasteiger partial charge >= 0.3 is 0 Å². The molecule has 3 aromatic rings. The average molecular weight is 324 g/mol. The topological polar surface area (TPSA) is 63.4 Å². The Balaban J connectivity index is 1.44. The molecule has 0 bridgehead atoms. The van der Waals surface area contributed by atoms with Crippen LogP contribution in [-0.2, 0) is 0 Å². The Morgan fingerprint density at radius 2 is 1.61 bits per heavy atom. The molecule has 2 amide bonds. The number of nitrogens with zero attached hydrogens (tertiary/aromatic N) is 2. The summed E-state index contributed by atoms with van der Waals surface area (Å²) < 4.78 is 5.61. The molecule has 1 aliphatic rings. The smallest absolute Gasteiger partial charge is 0.261 e. The Bertz CT molecular complexity index is 851. The number of rotatable bonds is 4. The van der Waals surface area contributed by atoms with E-state index in [4.69, 9.17) is 4.42 Å². The number of benzene rings is 2. The third-order valence-corrected chi connectivity index (χ3v) is 4.50. The van der Waals surface area contributed by atoms with E-state index < -0.39 is 0 Å². The van der Waals surface area contributed by atoms with Crippen molar-refractivity contribution in [3.05, 3.63) is 59.7 Å². The lowest BCUT2D eigenvalue weighted by molar-refractivity contribution is 0.0664. The SMILES string of the molecule is O=C1c2ccccc2C(=O)N1CCSc1nc2ccccc2o1. The zero-order chi connectivity index (χ0) is 15.8. The normalized spacial score (nSPS) is 13.8. The quantitative estimate of drug-likeness (QED) is 0.545. The standard InChI is InChI=1S/C17H12N2O3S/c20-15-11-5-1-2-6-12(11)16(21)19(15)9-10-23-17-18-13-7-3-4-8-14(13)22-17/h1-8H,9-10H2. The van der Waals surface area contributed by atoms with Crippen LogP contribution in [0.25, 0.3) is 11.1 Å². The zero-order valence-electron chi connectivity index (χ0n) is 12.1. The highest BCUT2D eigenvalue weighted by Crippen LogP contribution is 2.25. The molecule has 0 saturated carbocycles. The highest BCUT2D eigenvalue weighted by atomic mass is 32.2. The van der Waals surface area contributed by atoms with Gasteiger partial charge in [-0.1, -0.05) is 36.0 Å². The molecule has 0 unspecified atom stereocenters. The largest absolute Gasteiger partial charge is 0.431 e. The molecular weight excluding hydrogens is 312 g/mol. The van der Waals surface area contributed by atoms with Crippen molar-refractivity contribution in [2.45, 2.75) is 5.22 Å². The van der Waals surface area contributed by atoms with Crippen molar-refractivity contribution in [1.29, 1.82) is 0 Å². The van der Waals surface area contributed by atoms with Crippen molar-refractivity contribution in [3.63, 3.8) is 0 Å². The Hall–Kier alpha value is -2.60. The monoisotopic (exact) mass is 324 g/mol. The third kappa shape index (κ3) is 2.41. The third-order valence-electron chi connectivity index (χ3n) is 3.69. The van der Waals surface area contributed by atoms with Gasteiger partial charge in [0.1, 0.15) is 5.52 Å². The fourth-order valence-electron chi connectivity index (χ4n) is 2.58. The van der Waals surface area contributed by atoms with Crippen molar-refractivity contribution in [2.75, 3.05) is 12.3 Å². The van der Waals surface area contributed by atoms with Crippen molar-refractivity contribution in [2.24, 2.45) is 0 Å². The summed E-state index contributed by atoms with van der Waals surface area (Å²) in [5, 5.41) is 0.544. The second-order valence-corrected chi connectivity index (χ2v) is 6.15. The summed E-state index contributed by atoms with van der Waals surface area (Å²) >= 11 is 1.39. The van der Waals surface area contributed by atoms with Crippen LogP contribution < -0.4 is 0 Å². The van der Waals surface area contributed by atoms with Gasteiger partial charge in [0.15, 0.2) is 5.58 Å². The molecule has 4 rings (SSSR count). The first-order valence-electron chi connectivity index (χ1n) is 7.17. The van der Waals surface area contributed by atoms with Crippen molar-refractivity contribution in [3.8, 4) is 0 Å². The minimum atomic E-state index is -0.233. The molecule has 0 spiro atoms. The van der Waals surface area contributed by atoms with Gasteiger partial charge in [0.25, 0.3) is 17.0 Å². The maximum atomic E-state index is 12.2. The van der Waals surface area contributed by atoms with Crippen LogP contribution in [0.3, 0.4) is 0 Å². The minimum Gasteiger partial charge on any atom is -0.431 e. The molecule has 114 valence electrons. The van der Waals surface area contributed by atoms with Gasteiger partial charge in [-0.05, 0) is 24.3 Å². The minimum absolute atomic E-state index is 0.233. The number of aromatic nitrogens is 1. The summed E-state index contributed by atoms with van der Waals surface area (Å²) in [6.07, 6.45) is 0. The molecule has 0 radical (unpaired) electrons. The fraction of sp³-hybridized carbons (Fsp3) is 0.118. The lowest BCUT2D eigenvalue weighted by Crippen LogP contribution is -2.31. The number of oxazole rings is 1. The molecule has 2 aromatic carbocycles. The lowest BCUT2D eigenvalue weighted by Gasteiger charge is -2.12. The molecule has 5 nitrogen and oxygen atoms in total. The Labute approximate surface area is 136 Å². The molecule has 1 aliphatic heterocycles. The van der Waals surface area contributed by atoms with Gasteiger partial charge in [-0.15, -0.1) is 0 Å². The van der Waals surface area contributed by atoms with Crippen LogP contribution in [0.15, 0.2) is 58.2 Å². The molecule has 0 saturated heterocycles. The van der Waals surface area contributed by atoms with E-state index in [2.05, 4.69) is 4.98 Å². The molecule has 6 heteroatoms. The lowest BCUT2D eigenvalue weighted by atomic mass is 10.1. The van der Waals surface area contributed by atoms with Gasteiger partial charge in [-0.25, -0.2) is 4.98 Å². The van der Waals surface area contributed by atoms with Crippen LogP contribution in [0.5, 0.6) is 0 Å². The van der Waals surface area contributed by atoms with E-state index in [-0.39, 0.29) is 11.8 Å². The summed E-state index contributed by atoms with van der Waals surface area (Å²) in [4.78, 5) is 30.1. The summed E-state index contributed by atoms with van der Waals surface area (Å²) in [5.41, 5.74) is 2.49. The number of carbonyl (C=O) groups is 2. The van der Waals surface area contributed by atoms with Crippen LogP contribution in [-0.4, -0.2) is 34.0 Å². The van der Waals surface area contributed by atoms with Gasteiger partial charge < -0.3 is 4.42 Å². The predicted octanol–water partition coefficient (Wildman–Crippen LogP) is 3.22. The summed E-state index contributed by atoms with van der Waals surface area (Å²) in [7, 11) is 0. The van der Waals surface area contributed by atoms with E-state index in [0.29, 0.717) is 28.6 Å². The highest BCUT2D eigenvalue weighted by Gasteiger charge is 2.34. The first-order valence-corrected chi connectivity index (χ1v) is 8.16. The number of thioether (sulfide) groups is 1. The maximum absolute atomic E-state index is 12.2. The first kappa shape index (κ1) is 14.0. The number of amides is 2. The molecule has 1 aromatic heterocycles. The molecular formula is C17H12N2O3S. The summed E-state index contributed by atoms with van der Waals surface area (Å²) in [6.45, 7) is 0.329. The van der Waals surface area contributed by atoms with Gasteiger partial charge in [0.2, 0.25) is 0 Å². The number of carbonyl (C=O) groups excluding carboxylic acids is 2. The van der Waals surface area contributed by atoms with Crippen molar-refractivity contribution < 1.29 is 14.0 Å². The Morgan fingerprint density at radius 3 is 2.30 bits per heavy atom. The Morgan fingerprint density at radius 1 is 0.957 bits per heavy atom. The second kappa shape index (κ2) is 5.55. The zero-order valence-corrected chi connectivity index (χ0v) is 12.9. The number of hydrogen-bond donors (Lipinski definition) is 0. The second-order valence-electron chi connectivity index (χ2n) is 5.10. The summed E-state index contributed by atoms with van der Waals surface area (Å²) in [6, 6.07) is 14.4. The average Bonchev–Trinajstić information content (AvgIpc) is 3.09. The van der Waals surface area contributed by atoms with Crippen molar-refractivity contribution >= 4 is 34.7 Å². The molecule has 0 N–H and O–H groups in total. The van der Waals surface area contributed by atoms with Gasteiger partial charge in [0.05, 0.1) is 11.1 Å². The van der Waals surface area contributed by atoms with E-state index in [1.807, 2.05) is 24.3 Å². The van der Waals surface area contributed by atoms with Crippen LogP contribution in [0.1, 0.15) is 20.7 Å². The molecule has 2 heterocycles. The predicted molar refractivity (Wildman–Crippen MR) is 86.5 cm³/mol. The van der Waals surface area contributed by atoms with E-state index >= 15 is 0 Å². The molecule has 23 heavy (non-hydrogen) atoms. The number of para-hydroxylation sites is 2. The number of hydrogen-bond acceptors (Lipinski definition) is 5. The number of imide groups is 1. The maximum Gasteiger partial charge on any atom is 0.261 e. The van der Waals surface area contributed by atoms with Gasteiger partial charge in [0, 0.05) is 12.3 Å². The fourth-order valence-corrected chi connectivity index (χ4v) is 3.34. The molecule has 0 fully saturated rings. The van der Waals surface area contributed by atoms with Gasteiger partial charge in [-0.2, -0.15) is 0 Å². The van der Waals surface area contributed by atoms with Crippen LogP contribution >= 0.6 is 11.8 Å².